The van der Waals surface area contributed by atoms with Crippen molar-refractivity contribution in [1.29, 1.82) is 0 Å². The number of aromatic nitrogens is 1. The van der Waals surface area contributed by atoms with Crippen molar-refractivity contribution >= 4 is 34.1 Å². The summed E-state index contributed by atoms with van der Waals surface area (Å²) in [7, 11) is 1.60. The third-order valence-electron chi connectivity index (χ3n) is 8.76. The summed E-state index contributed by atoms with van der Waals surface area (Å²) >= 11 is 0. The van der Waals surface area contributed by atoms with E-state index < -0.39 is 0 Å². The van der Waals surface area contributed by atoms with Crippen LogP contribution in [0.25, 0.3) is 16.6 Å². The molecule has 228 valence electrons. The van der Waals surface area contributed by atoms with Crippen LogP contribution in [0.15, 0.2) is 134 Å². The van der Waals surface area contributed by atoms with Crippen molar-refractivity contribution in [2.24, 2.45) is 5.73 Å². The summed E-state index contributed by atoms with van der Waals surface area (Å²) in [5, 5.41) is 0.775. The lowest BCUT2D eigenvalue weighted by Crippen LogP contribution is -2.48. The van der Waals surface area contributed by atoms with E-state index in [0.29, 0.717) is 42.1 Å². The lowest BCUT2D eigenvalue weighted by atomic mass is 9.93. The zero-order chi connectivity index (χ0) is 31.6. The molecule has 5 aromatic carbocycles. The molecule has 7 rings (SSSR count). The summed E-state index contributed by atoms with van der Waals surface area (Å²) in [4.78, 5) is 32.7. The number of amides is 2. The van der Waals surface area contributed by atoms with Crippen molar-refractivity contribution < 1.29 is 14.3 Å². The largest absolute Gasteiger partial charge is 0.497 e. The van der Waals surface area contributed by atoms with Crippen LogP contribution in [0.1, 0.15) is 31.8 Å². The number of hydrogen-bond acceptors (Lipinski definition) is 4. The third kappa shape index (κ3) is 5.21. The maximum Gasteiger partial charge on any atom is 0.265 e. The summed E-state index contributed by atoms with van der Waals surface area (Å²) in [5.41, 5.74) is 12.5. The molecule has 0 saturated heterocycles. The van der Waals surface area contributed by atoms with Gasteiger partial charge in [0.05, 0.1) is 29.4 Å². The highest BCUT2D eigenvalue weighted by Gasteiger charge is 2.32. The molecule has 2 N–H and O–H groups in total. The van der Waals surface area contributed by atoms with Gasteiger partial charge in [-0.1, -0.05) is 78.9 Å². The van der Waals surface area contributed by atoms with Crippen LogP contribution in [0.2, 0.25) is 0 Å². The van der Waals surface area contributed by atoms with Crippen molar-refractivity contribution in [2.75, 3.05) is 18.6 Å². The molecule has 2 amide bonds. The summed E-state index contributed by atoms with van der Waals surface area (Å²) < 4.78 is 7.56. The molecule has 7 nitrogen and oxygen atoms in total. The predicted molar refractivity (Wildman–Crippen MR) is 182 cm³/mol. The molecule has 2 heterocycles. The molecule has 1 atom stereocenters. The van der Waals surface area contributed by atoms with Crippen LogP contribution >= 0.6 is 0 Å². The van der Waals surface area contributed by atoms with Crippen LogP contribution in [0, 0.1) is 0 Å². The van der Waals surface area contributed by atoms with Crippen molar-refractivity contribution in [1.82, 2.24) is 9.47 Å². The average molecular weight is 607 g/mol. The van der Waals surface area contributed by atoms with Crippen molar-refractivity contribution in [3.8, 4) is 11.4 Å². The summed E-state index contributed by atoms with van der Waals surface area (Å²) in [6.07, 6.45) is 2.53. The van der Waals surface area contributed by atoms with Crippen LogP contribution in [0.3, 0.4) is 0 Å². The van der Waals surface area contributed by atoms with Crippen LogP contribution < -0.4 is 15.4 Å². The van der Waals surface area contributed by atoms with E-state index in [1.807, 2.05) is 119 Å². The normalized spacial score (nSPS) is 14.1. The quantitative estimate of drug-likeness (QED) is 0.209. The van der Waals surface area contributed by atoms with Gasteiger partial charge in [-0.15, -0.1) is 0 Å². The lowest BCUT2D eigenvalue weighted by molar-refractivity contribution is 0.0647. The number of hydrogen-bond donors (Lipinski definition) is 1. The molecule has 1 aliphatic rings. The molecular weight excluding hydrogens is 572 g/mol. The number of methoxy groups -OCH3 is 1. The first-order valence-corrected chi connectivity index (χ1v) is 15.4. The Kier molecular flexibility index (Phi) is 7.83. The lowest BCUT2D eigenvalue weighted by Gasteiger charge is -2.37. The number of carbonyl (C=O) groups excluding carboxylic acids is 2. The van der Waals surface area contributed by atoms with Crippen LogP contribution in [0.5, 0.6) is 5.75 Å². The molecule has 0 saturated carbocycles. The maximum atomic E-state index is 14.6. The molecule has 6 aromatic rings. The Hall–Kier alpha value is -5.66. The molecule has 0 unspecified atom stereocenters. The Morgan fingerprint density at radius 2 is 1.41 bits per heavy atom. The number of carbonyl (C=O) groups is 2. The molecule has 0 aliphatic carbocycles. The minimum absolute atomic E-state index is 0.122. The smallest absolute Gasteiger partial charge is 0.265 e. The minimum atomic E-state index is -0.182. The van der Waals surface area contributed by atoms with E-state index >= 15 is 0 Å². The molecular formula is C39H34N4O3. The predicted octanol–water partition coefficient (Wildman–Crippen LogP) is 7.14. The number of fused-ring (bicyclic) bond motifs is 2. The summed E-state index contributed by atoms with van der Waals surface area (Å²) in [5.74, 6) is 0.300. The number of nitrogens with zero attached hydrogens (tertiary/aromatic N) is 3. The van der Waals surface area contributed by atoms with Crippen LogP contribution in [-0.2, 0) is 13.0 Å². The van der Waals surface area contributed by atoms with Gasteiger partial charge in [0.1, 0.15) is 5.75 Å². The van der Waals surface area contributed by atoms with E-state index in [2.05, 4.69) is 12.1 Å². The van der Waals surface area contributed by atoms with Gasteiger partial charge in [-0.2, -0.15) is 0 Å². The monoisotopic (exact) mass is 606 g/mol. The highest BCUT2D eigenvalue weighted by Crippen LogP contribution is 2.34. The van der Waals surface area contributed by atoms with Gasteiger partial charge in [0, 0.05) is 48.2 Å². The Morgan fingerprint density at radius 1 is 0.783 bits per heavy atom. The minimum Gasteiger partial charge on any atom is -0.497 e. The van der Waals surface area contributed by atoms with Gasteiger partial charge >= 0.3 is 0 Å². The first-order valence-electron chi connectivity index (χ1n) is 15.4. The molecule has 0 spiro atoms. The van der Waals surface area contributed by atoms with E-state index in [1.54, 1.807) is 24.1 Å². The number of anilines is 2. The van der Waals surface area contributed by atoms with E-state index in [4.69, 9.17) is 10.5 Å². The molecule has 0 fully saturated rings. The topological polar surface area (TPSA) is 80.8 Å². The Labute approximate surface area is 268 Å². The second kappa shape index (κ2) is 12.4. The Bertz CT molecular complexity index is 2000. The van der Waals surface area contributed by atoms with Gasteiger partial charge < -0.3 is 19.9 Å². The number of benzene rings is 5. The maximum absolute atomic E-state index is 14.6. The highest BCUT2D eigenvalue weighted by molar-refractivity contribution is 6.17. The van der Waals surface area contributed by atoms with E-state index in [0.717, 1.165) is 27.8 Å². The number of para-hydroxylation sites is 3. The molecule has 0 radical (unpaired) electrons. The number of nitrogens with two attached hydrogens (primary N) is 1. The van der Waals surface area contributed by atoms with Crippen molar-refractivity contribution in [3.05, 3.63) is 156 Å². The molecule has 1 aliphatic heterocycles. The zero-order valence-corrected chi connectivity index (χ0v) is 25.5. The van der Waals surface area contributed by atoms with E-state index in [1.165, 1.54) is 5.56 Å². The molecule has 1 aromatic heterocycles. The molecule has 46 heavy (non-hydrogen) atoms. The second-order valence-corrected chi connectivity index (χ2v) is 11.4. The number of ether oxygens (including phenoxy) is 1. The summed E-state index contributed by atoms with van der Waals surface area (Å²) in [6.45, 7) is 0.826. The Morgan fingerprint density at radius 3 is 2.09 bits per heavy atom. The standard InChI is InChI=1S/C39H34N4O3/c1-46-32-20-21-34(38(44)41-25-28-13-9-8-12-27(28)22-31(41)24-40)37(23-32)42-26-35(33-18-10-11-19-36(33)42)39(45)43(29-14-4-2-5-15-29)30-16-6-3-7-17-30/h2-21,23,26,31H,22,24-25,40H2,1H3/t31-/m0/s1. The zero-order valence-electron chi connectivity index (χ0n) is 25.5. The highest BCUT2D eigenvalue weighted by atomic mass is 16.5. The molecule has 0 bridgehead atoms. The Balaban J connectivity index is 1.37. The second-order valence-electron chi connectivity index (χ2n) is 11.4. The van der Waals surface area contributed by atoms with Gasteiger partial charge in [0.15, 0.2) is 0 Å². The van der Waals surface area contributed by atoms with Gasteiger partial charge in [-0.25, -0.2) is 0 Å². The SMILES string of the molecule is COc1ccc(C(=O)N2Cc3ccccc3C[C@H]2CN)c(-n2cc(C(=O)N(c3ccccc3)c3ccccc3)c3ccccc32)c1. The van der Waals surface area contributed by atoms with Gasteiger partial charge in [-0.05, 0) is 60.0 Å². The fourth-order valence-electron chi connectivity index (χ4n) is 6.42. The first-order chi connectivity index (χ1) is 22.6. The third-order valence-corrected chi connectivity index (χ3v) is 8.76. The van der Waals surface area contributed by atoms with Crippen LogP contribution in [-0.4, -0.2) is 41.0 Å². The first kappa shape index (κ1) is 29.1. The fourth-order valence-corrected chi connectivity index (χ4v) is 6.42. The van der Waals surface area contributed by atoms with Gasteiger partial charge in [-0.3, -0.25) is 14.5 Å². The van der Waals surface area contributed by atoms with Gasteiger partial charge in [0.2, 0.25) is 0 Å². The summed E-state index contributed by atoms with van der Waals surface area (Å²) in [6, 6.07) is 40.5. The van der Waals surface area contributed by atoms with Crippen molar-refractivity contribution in [2.45, 2.75) is 19.0 Å². The van der Waals surface area contributed by atoms with Crippen LogP contribution in [0.4, 0.5) is 11.4 Å². The van der Waals surface area contributed by atoms with E-state index in [9.17, 15) is 9.59 Å². The van der Waals surface area contributed by atoms with Gasteiger partial charge in [0.25, 0.3) is 11.8 Å². The van der Waals surface area contributed by atoms with Crippen molar-refractivity contribution in [3.63, 3.8) is 0 Å². The fraction of sp³-hybridized carbons (Fsp3) is 0.128. The number of rotatable bonds is 7. The average Bonchev–Trinajstić information content (AvgIpc) is 3.51. The molecule has 7 heteroatoms. The van der Waals surface area contributed by atoms with E-state index in [-0.39, 0.29) is 17.9 Å².